The number of benzene rings is 3. The van der Waals surface area contributed by atoms with Gasteiger partial charge in [0.05, 0.1) is 48.7 Å². The van der Waals surface area contributed by atoms with Gasteiger partial charge in [-0.1, -0.05) is 18.6 Å². The van der Waals surface area contributed by atoms with E-state index in [4.69, 9.17) is 9.47 Å². The zero-order chi connectivity index (χ0) is 26.4. The summed E-state index contributed by atoms with van der Waals surface area (Å²) in [5.41, 5.74) is 3.34. The van der Waals surface area contributed by atoms with Crippen LogP contribution < -0.4 is 14.4 Å². The molecule has 0 bridgehead atoms. The first-order valence-electron chi connectivity index (χ1n) is 12.4. The van der Waals surface area contributed by atoms with E-state index < -0.39 is 5.41 Å². The van der Waals surface area contributed by atoms with Crippen molar-refractivity contribution in [2.75, 3.05) is 19.1 Å². The van der Waals surface area contributed by atoms with Gasteiger partial charge in [-0.2, -0.15) is 5.10 Å². The molecule has 0 unspecified atom stereocenters. The number of ether oxygens (including phenoxy) is 2. The van der Waals surface area contributed by atoms with E-state index in [9.17, 15) is 14.9 Å². The zero-order valence-corrected chi connectivity index (χ0v) is 21.1. The third-order valence-electron chi connectivity index (χ3n) is 7.69. The third kappa shape index (κ3) is 3.61. The van der Waals surface area contributed by atoms with Gasteiger partial charge in [-0.3, -0.25) is 14.9 Å². The Kier molecular flexibility index (Phi) is 5.63. The summed E-state index contributed by atoms with van der Waals surface area (Å²) in [5.74, 6) is 1.36. The van der Waals surface area contributed by atoms with Crippen LogP contribution in [0.4, 0.5) is 11.4 Å². The van der Waals surface area contributed by atoms with Crippen molar-refractivity contribution in [2.45, 2.75) is 31.2 Å². The molecule has 0 atom stereocenters. The van der Waals surface area contributed by atoms with Gasteiger partial charge in [-0.25, -0.2) is 4.68 Å². The minimum atomic E-state index is -0.729. The SMILES string of the molecule is COc1ccc(CN2C(=O)C3(CCC3)c3cc(-c4ccnn4-c4ccc(OC)cc4)cc([N+](=O)[O-])c32)cc1. The fourth-order valence-electron chi connectivity index (χ4n) is 5.56. The molecule has 4 aromatic rings. The number of nitrogens with zero attached hydrogens (tertiary/aromatic N) is 4. The Hall–Kier alpha value is -4.66. The van der Waals surface area contributed by atoms with Crippen LogP contribution in [-0.4, -0.2) is 34.8 Å². The predicted molar refractivity (Wildman–Crippen MR) is 142 cm³/mol. The predicted octanol–water partition coefficient (Wildman–Crippen LogP) is 5.43. The van der Waals surface area contributed by atoms with E-state index in [2.05, 4.69) is 5.10 Å². The molecule has 1 amide bonds. The van der Waals surface area contributed by atoms with Gasteiger partial charge in [-0.15, -0.1) is 0 Å². The summed E-state index contributed by atoms with van der Waals surface area (Å²) in [5, 5.41) is 16.9. The van der Waals surface area contributed by atoms with E-state index in [1.165, 1.54) is 0 Å². The maximum atomic E-state index is 13.9. The van der Waals surface area contributed by atoms with Crippen molar-refractivity contribution >= 4 is 17.3 Å². The molecule has 1 spiro atoms. The second-order valence-electron chi connectivity index (χ2n) is 9.65. The molecule has 6 rings (SSSR count). The van der Waals surface area contributed by atoms with Gasteiger partial charge in [0, 0.05) is 11.6 Å². The lowest BCUT2D eigenvalue weighted by Gasteiger charge is -2.37. The van der Waals surface area contributed by atoms with Crippen molar-refractivity contribution in [1.82, 2.24) is 9.78 Å². The number of methoxy groups -OCH3 is 2. The maximum absolute atomic E-state index is 13.9. The highest BCUT2D eigenvalue weighted by molar-refractivity contribution is 6.11. The van der Waals surface area contributed by atoms with E-state index in [1.807, 2.05) is 60.7 Å². The maximum Gasteiger partial charge on any atom is 0.293 e. The van der Waals surface area contributed by atoms with Crippen LogP contribution in [0.2, 0.25) is 0 Å². The summed E-state index contributed by atoms with van der Waals surface area (Å²) in [6.07, 6.45) is 3.93. The first kappa shape index (κ1) is 23.7. The monoisotopic (exact) mass is 510 g/mol. The summed E-state index contributed by atoms with van der Waals surface area (Å²) in [7, 11) is 3.20. The number of nitro benzene ring substituents is 1. The Morgan fingerprint density at radius 3 is 2.21 bits per heavy atom. The van der Waals surface area contributed by atoms with Crippen LogP contribution in [-0.2, 0) is 16.8 Å². The van der Waals surface area contributed by atoms with Crippen molar-refractivity contribution < 1.29 is 19.2 Å². The van der Waals surface area contributed by atoms with Crippen molar-refractivity contribution in [1.29, 1.82) is 0 Å². The van der Waals surface area contributed by atoms with Gasteiger partial charge in [0.2, 0.25) is 5.91 Å². The molecule has 1 fully saturated rings. The molecular weight excluding hydrogens is 484 g/mol. The molecule has 0 saturated heterocycles. The van der Waals surface area contributed by atoms with Crippen LogP contribution in [0.1, 0.15) is 30.4 Å². The summed E-state index contributed by atoms with van der Waals surface area (Å²) in [6, 6.07) is 20.2. The molecule has 9 heteroatoms. The molecule has 9 nitrogen and oxygen atoms in total. The molecule has 2 heterocycles. The van der Waals surface area contributed by atoms with Crippen LogP contribution >= 0.6 is 0 Å². The molecule has 1 saturated carbocycles. The summed E-state index contributed by atoms with van der Waals surface area (Å²) >= 11 is 0. The lowest BCUT2D eigenvalue weighted by molar-refractivity contribution is -0.384. The van der Waals surface area contributed by atoms with Crippen molar-refractivity contribution in [3.05, 3.63) is 94.2 Å². The molecule has 2 aliphatic rings. The third-order valence-corrected chi connectivity index (χ3v) is 7.69. The molecule has 38 heavy (non-hydrogen) atoms. The van der Waals surface area contributed by atoms with E-state index >= 15 is 0 Å². The standard InChI is InChI=1S/C29H26N4O5/c1-37-22-8-4-19(5-9-22)18-31-27-24(29(28(31)34)13-3-14-29)16-20(17-26(27)33(35)36)25-12-15-30-32(25)21-6-10-23(38-2)11-7-21/h4-12,15-17H,3,13-14,18H2,1-2H3. The van der Waals surface area contributed by atoms with E-state index in [1.54, 1.807) is 36.1 Å². The van der Waals surface area contributed by atoms with Crippen LogP contribution in [0.5, 0.6) is 11.5 Å². The molecule has 1 aliphatic carbocycles. The van der Waals surface area contributed by atoms with Crippen LogP contribution in [0.15, 0.2) is 72.9 Å². The topological polar surface area (TPSA) is 99.7 Å². The largest absolute Gasteiger partial charge is 0.497 e. The van der Waals surface area contributed by atoms with Gasteiger partial charge < -0.3 is 14.4 Å². The molecule has 0 N–H and O–H groups in total. The quantitative estimate of drug-likeness (QED) is 0.243. The lowest BCUT2D eigenvalue weighted by Crippen LogP contribution is -2.44. The minimum absolute atomic E-state index is 0.0709. The highest BCUT2D eigenvalue weighted by Crippen LogP contribution is 2.57. The average Bonchev–Trinajstić information content (AvgIpc) is 3.50. The fourth-order valence-corrected chi connectivity index (χ4v) is 5.56. The number of nitro groups is 1. The van der Waals surface area contributed by atoms with Gasteiger partial charge >= 0.3 is 0 Å². The second-order valence-corrected chi connectivity index (χ2v) is 9.65. The first-order chi connectivity index (χ1) is 18.4. The van der Waals surface area contributed by atoms with Crippen LogP contribution in [0.25, 0.3) is 16.9 Å². The van der Waals surface area contributed by atoms with Crippen molar-refractivity contribution in [3.63, 3.8) is 0 Å². The molecule has 3 aromatic carbocycles. The summed E-state index contributed by atoms with van der Waals surface area (Å²) in [6.45, 7) is 0.252. The van der Waals surface area contributed by atoms with Gasteiger partial charge in [0.1, 0.15) is 17.2 Å². The Morgan fingerprint density at radius 2 is 1.63 bits per heavy atom. The molecule has 1 aromatic heterocycles. The van der Waals surface area contributed by atoms with Gasteiger partial charge in [-0.05, 0) is 72.5 Å². The van der Waals surface area contributed by atoms with E-state index in [-0.39, 0.29) is 23.1 Å². The number of carbonyl (C=O) groups is 1. The van der Waals surface area contributed by atoms with Crippen molar-refractivity contribution in [2.24, 2.45) is 0 Å². The molecule has 1 aliphatic heterocycles. The molecular formula is C29H26N4O5. The van der Waals surface area contributed by atoms with Gasteiger partial charge in [0.25, 0.3) is 5.69 Å². The highest BCUT2D eigenvalue weighted by Gasteiger charge is 2.56. The normalized spacial score (nSPS) is 15.3. The zero-order valence-electron chi connectivity index (χ0n) is 21.1. The number of carbonyl (C=O) groups excluding carboxylic acids is 1. The summed E-state index contributed by atoms with van der Waals surface area (Å²) in [4.78, 5) is 27.5. The van der Waals surface area contributed by atoms with E-state index in [0.717, 1.165) is 29.0 Å². The average molecular weight is 511 g/mol. The fraction of sp³-hybridized carbons (Fsp3) is 0.241. The Morgan fingerprint density at radius 1 is 0.974 bits per heavy atom. The first-order valence-corrected chi connectivity index (χ1v) is 12.4. The number of hydrogen-bond acceptors (Lipinski definition) is 6. The number of rotatable bonds is 7. The number of amides is 1. The van der Waals surface area contributed by atoms with Crippen LogP contribution in [0, 0.1) is 10.1 Å². The number of aromatic nitrogens is 2. The molecule has 0 radical (unpaired) electrons. The minimum Gasteiger partial charge on any atom is -0.497 e. The molecule has 192 valence electrons. The Balaban J connectivity index is 1.47. The highest BCUT2D eigenvalue weighted by atomic mass is 16.6. The smallest absolute Gasteiger partial charge is 0.293 e. The number of hydrogen-bond donors (Lipinski definition) is 0. The van der Waals surface area contributed by atoms with Crippen molar-refractivity contribution in [3.8, 4) is 28.4 Å². The second kappa shape index (κ2) is 9.02. The van der Waals surface area contributed by atoms with E-state index in [0.29, 0.717) is 35.5 Å². The number of fused-ring (bicyclic) bond motifs is 2. The summed E-state index contributed by atoms with van der Waals surface area (Å²) < 4.78 is 12.2. The Labute approximate surface area is 219 Å². The van der Waals surface area contributed by atoms with Crippen LogP contribution in [0.3, 0.4) is 0 Å². The van der Waals surface area contributed by atoms with Gasteiger partial charge in [0.15, 0.2) is 0 Å². The Bertz CT molecular complexity index is 1540. The number of anilines is 1. The lowest BCUT2D eigenvalue weighted by atomic mass is 9.65.